The maximum absolute atomic E-state index is 11.5. The molecular weight excluding hydrogens is 272 g/mol. The topological polar surface area (TPSA) is 49.4 Å². The van der Waals surface area contributed by atoms with Crippen molar-refractivity contribution in [3.05, 3.63) is 0 Å². The lowest BCUT2D eigenvalue weighted by Crippen LogP contribution is -2.39. The highest BCUT2D eigenvalue weighted by Crippen LogP contribution is 2.15. The highest BCUT2D eigenvalue weighted by Gasteiger charge is 2.23. The van der Waals surface area contributed by atoms with Gasteiger partial charge in [0.15, 0.2) is 0 Å². The zero-order valence-electron chi connectivity index (χ0n) is 9.88. The van der Waals surface area contributed by atoms with Gasteiger partial charge in [-0.3, -0.25) is 9.59 Å². The number of nitrogens with one attached hydrogen (secondary N) is 1. The quantitative estimate of drug-likeness (QED) is 0.613. The van der Waals surface area contributed by atoms with E-state index >= 15 is 0 Å². The van der Waals surface area contributed by atoms with Crippen molar-refractivity contribution in [3.8, 4) is 0 Å². The van der Waals surface area contributed by atoms with E-state index < -0.39 is 4.32 Å². The second kappa shape index (κ2) is 5.66. The van der Waals surface area contributed by atoms with Gasteiger partial charge in [-0.25, -0.2) is 0 Å². The molecule has 0 spiro atoms. The minimum absolute atomic E-state index is 0.0137. The van der Waals surface area contributed by atoms with Crippen molar-refractivity contribution >= 4 is 27.7 Å². The molecule has 0 aromatic carbocycles. The molecular formula is C11H19BrN2O2. The van der Waals surface area contributed by atoms with Crippen LogP contribution in [0.4, 0.5) is 0 Å². The van der Waals surface area contributed by atoms with Crippen molar-refractivity contribution in [3.63, 3.8) is 0 Å². The number of alkyl halides is 1. The smallest absolute Gasteiger partial charge is 0.236 e. The summed E-state index contributed by atoms with van der Waals surface area (Å²) in [7, 11) is 0. The van der Waals surface area contributed by atoms with E-state index in [0.29, 0.717) is 13.0 Å². The van der Waals surface area contributed by atoms with Crippen molar-refractivity contribution in [1.82, 2.24) is 10.2 Å². The Morgan fingerprint density at radius 1 is 1.56 bits per heavy atom. The molecule has 92 valence electrons. The van der Waals surface area contributed by atoms with Crippen LogP contribution in [0.1, 0.15) is 33.1 Å². The maximum atomic E-state index is 11.5. The lowest BCUT2D eigenvalue weighted by Gasteiger charge is -2.18. The van der Waals surface area contributed by atoms with Gasteiger partial charge in [0.25, 0.3) is 0 Å². The van der Waals surface area contributed by atoms with Crippen LogP contribution in [0.2, 0.25) is 0 Å². The van der Waals surface area contributed by atoms with Gasteiger partial charge in [-0.1, -0.05) is 15.9 Å². The molecule has 1 aliphatic rings. The van der Waals surface area contributed by atoms with Crippen LogP contribution in [0.3, 0.4) is 0 Å². The summed E-state index contributed by atoms with van der Waals surface area (Å²) in [5, 5.41) is 2.84. The number of halogens is 1. The first-order valence-electron chi connectivity index (χ1n) is 5.66. The largest absolute Gasteiger partial charge is 0.355 e. The summed E-state index contributed by atoms with van der Waals surface area (Å²) in [4.78, 5) is 24.6. The van der Waals surface area contributed by atoms with Crippen LogP contribution in [0.25, 0.3) is 0 Å². The third-order valence-electron chi connectivity index (χ3n) is 2.60. The average molecular weight is 291 g/mol. The van der Waals surface area contributed by atoms with E-state index in [1.54, 1.807) is 0 Å². The third kappa shape index (κ3) is 4.12. The van der Waals surface area contributed by atoms with E-state index in [2.05, 4.69) is 21.2 Å². The predicted molar refractivity (Wildman–Crippen MR) is 66.4 cm³/mol. The molecule has 4 nitrogen and oxygen atoms in total. The molecule has 0 unspecified atom stereocenters. The maximum Gasteiger partial charge on any atom is 0.236 e. The van der Waals surface area contributed by atoms with Gasteiger partial charge in [0.05, 0.1) is 4.32 Å². The van der Waals surface area contributed by atoms with Crippen molar-refractivity contribution in [2.24, 2.45) is 0 Å². The van der Waals surface area contributed by atoms with E-state index in [0.717, 1.165) is 25.9 Å². The van der Waals surface area contributed by atoms with Gasteiger partial charge in [-0.2, -0.15) is 0 Å². The zero-order valence-corrected chi connectivity index (χ0v) is 11.5. The first-order valence-corrected chi connectivity index (χ1v) is 6.45. The molecule has 1 N–H and O–H groups in total. The Labute approximate surface area is 105 Å². The van der Waals surface area contributed by atoms with Crippen molar-refractivity contribution < 1.29 is 9.59 Å². The second-order valence-electron chi connectivity index (χ2n) is 4.57. The van der Waals surface area contributed by atoms with Gasteiger partial charge >= 0.3 is 0 Å². The molecule has 1 heterocycles. The van der Waals surface area contributed by atoms with Gasteiger partial charge in [0, 0.05) is 26.1 Å². The third-order valence-corrected chi connectivity index (χ3v) is 2.96. The molecule has 0 bridgehead atoms. The van der Waals surface area contributed by atoms with Gasteiger partial charge in [0.1, 0.15) is 0 Å². The Morgan fingerprint density at radius 3 is 2.75 bits per heavy atom. The first kappa shape index (κ1) is 13.5. The fourth-order valence-electron chi connectivity index (χ4n) is 1.62. The number of hydrogen-bond acceptors (Lipinski definition) is 2. The van der Waals surface area contributed by atoms with Crippen LogP contribution in [0, 0.1) is 0 Å². The highest BCUT2D eigenvalue weighted by atomic mass is 79.9. The molecule has 1 rings (SSSR count). The van der Waals surface area contributed by atoms with Gasteiger partial charge in [-0.05, 0) is 26.7 Å². The van der Waals surface area contributed by atoms with E-state index in [4.69, 9.17) is 0 Å². The van der Waals surface area contributed by atoms with Crippen LogP contribution in [0.5, 0.6) is 0 Å². The van der Waals surface area contributed by atoms with Gasteiger partial charge in [0.2, 0.25) is 11.8 Å². The fourth-order valence-corrected chi connectivity index (χ4v) is 1.76. The number of carbonyl (C=O) groups excluding carboxylic acids is 2. The lowest BCUT2D eigenvalue weighted by molar-refractivity contribution is -0.127. The Bertz CT molecular complexity index is 274. The van der Waals surface area contributed by atoms with E-state index in [1.807, 2.05) is 18.7 Å². The summed E-state index contributed by atoms with van der Waals surface area (Å²) in [6.07, 6.45) is 2.47. The van der Waals surface area contributed by atoms with Crippen LogP contribution in [-0.4, -0.2) is 40.7 Å². The summed E-state index contributed by atoms with van der Waals surface area (Å²) in [6, 6.07) is 0. The fraction of sp³-hybridized carbons (Fsp3) is 0.818. The lowest BCUT2D eigenvalue weighted by atomic mass is 10.2. The molecule has 0 aliphatic carbocycles. The standard InChI is InChI=1S/C11H19BrN2O2/c1-11(2,12)10(16)13-6-4-8-14-7-3-5-9(14)15/h3-8H2,1-2H3,(H,13,16). The molecule has 0 aromatic rings. The molecule has 1 fully saturated rings. The number of likely N-dealkylation sites (tertiary alicyclic amines) is 1. The Hall–Kier alpha value is -0.580. The average Bonchev–Trinajstić information content (AvgIpc) is 2.57. The van der Waals surface area contributed by atoms with E-state index in [1.165, 1.54) is 0 Å². The van der Waals surface area contributed by atoms with Crippen molar-refractivity contribution in [1.29, 1.82) is 0 Å². The molecule has 2 amide bonds. The van der Waals surface area contributed by atoms with Crippen LogP contribution in [-0.2, 0) is 9.59 Å². The van der Waals surface area contributed by atoms with Crippen molar-refractivity contribution in [2.45, 2.75) is 37.4 Å². The molecule has 1 saturated heterocycles. The highest BCUT2D eigenvalue weighted by molar-refractivity contribution is 9.10. The monoisotopic (exact) mass is 290 g/mol. The SMILES string of the molecule is CC(C)(Br)C(=O)NCCCN1CCCC1=O. The minimum Gasteiger partial charge on any atom is -0.355 e. The first-order chi connectivity index (χ1) is 7.41. The summed E-state index contributed by atoms with van der Waals surface area (Å²) >= 11 is 3.30. The van der Waals surface area contributed by atoms with Crippen LogP contribution < -0.4 is 5.32 Å². The number of amides is 2. The summed E-state index contributed by atoms with van der Waals surface area (Å²) < 4.78 is -0.517. The number of carbonyl (C=O) groups is 2. The second-order valence-corrected chi connectivity index (χ2v) is 6.55. The number of nitrogens with zero attached hydrogens (tertiary/aromatic N) is 1. The van der Waals surface area contributed by atoms with Crippen molar-refractivity contribution in [2.75, 3.05) is 19.6 Å². The normalized spacial score (nSPS) is 16.7. The molecule has 0 atom stereocenters. The van der Waals surface area contributed by atoms with Gasteiger partial charge in [-0.15, -0.1) is 0 Å². The molecule has 0 radical (unpaired) electrons. The Morgan fingerprint density at radius 2 is 2.25 bits per heavy atom. The summed E-state index contributed by atoms with van der Waals surface area (Å²) in [5.41, 5.74) is 0. The molecule has 16 heavy (non-hydrogen) atoms. The molecule has 0 aromatic heterocycles. The van der Waals surface area contributed by atoms with Gasteiger partial charge < -0.3 is 10.2 Å². The number of rotatable bonds is 5. The zero-order chi connectivity index (χ0) is 12.2. The molecule has 5 heteroatoms. The van der Waals surface area contributed by atoms with Crippen LogP contribution >= 0.6 is 15.9 Å². The van der Waals surface area contributed by atoms with E-state index in [9.17, 15) is 9.59 Å². The predicted octanol–water partition coefficient (Wildman–Crippen LogP) is 1.29. The summed E-state index contributed by atoms with van der Waals surface area (Å²) in [5.74, 6) is 0.229. The summed E-state index contributed by atoms with van der Waals surface area (Å²) in [6.45, 7) is 5.87. The molecule has 1 aliphatic heterocycles. The van der Waals surface area contributed by atoms with Crippen LogP contribution in [0.15, 0.2) is 0 Å². The molecule has 0 saturated carbocycles. The van der Waals surface area contributed by atoms with E-state index in [-0.39, 0.29) is 11.8 Å². The Balaban J connectivity index is 2.12. The Kier molecular flexibility index (Phi) is 4.77. The minimum atomic E-state index is -0.517. The number of hydrogen-bond donors (Lipinski definition) is 1.